The molecule has 1 amide bonds. The van der Waals surface area contributed by atoms with Gasteiger partial charge in [0.15, 0.2) is 10.9 Å². The second-order valence-electron chi connectivity index (χ2n) is 5.27. The number of benzene rings is 2. The number of nitrogens with zero attached hydrogens (tertiary/aromatic N) is 1. The monoisotopic (exact) mass is 472 g/mol. The molecule has 0 fully saturated rings. The molecule has 0 saturated heterocycles. The minimum atomic E-state index is -4.78. The first kappa shape index (κ1) is 20.9. The first-order chi connectivity index (χ1) is 13.1. The molecular formula is C16H7Cl3F4N2O2S. The summed E-state index contributed by atoms with van der Waals surface area (Å²) in [7, 11) is 0. The van der Waals surface area contributed by atoms with Crippen molar-refractivity contribution in [3.8, 4) is 5.75 Å². The molecule has 3 rings (SSSR count). The van der Waals surface area contributed by atoms with Crippen molar-refractivity contribution in [3.63, 3.8) is 0 Å². The van der Waals surface area contributed by atoms with Gasteiger partial charge < -0.3 is 4.74 Å². The number of fused-ring (bicyclic) bond motifs is 1. The van der Waals surface area contributed by atoms with Crippen LogP contribution in [0.5, 0.6) is 5.75 Å². The van der Waals surface area contributed by atoms with Crippen LogP contribution >= 0.6 is 46.1 Å². The van der Waals surface area contributed by atoms with Gasteiger partial charge in [-0.2, -0.15) is 17.6 Å². The van der Waals surface area contributed by atoms with Crippen LogP contribution in [0.15, 0.2) is 30.3 Å². The Kier molecular flexibility index (Phi) is 5.90. The Labute approximate surface area is 174 Å². The summed E-state index contributed by atoms with van der Waals surface area (Å²) >= 11 is 18.6. The molecule has 0 unspecified atom stereocenters. The summed E-state index contributed by atoms with van der Waals surface area (Å²) in [6.07, 6.45) is -8.87. The average Bonchev–Trinajstić information content (AvgIpc) is 3.01. The van der Waals surface area contributed by atoms with Crippen molar-refractivity contribution in [3.05, 3.63) is 51.0 Å². The second-order valence-corrected chi connectivity index (χ2v) is 7.46. The predicted molar refractivity (Wildman–Crippen MR) is 101 cm³/mol. The number of alkyl halides is 4. The van der Waals surface area contributed by atoms with Crippen LogP contribution in [-0.2, 0) is 0 Å². The summed E-state index contributed by atoms with van der Waals surface area (Å²) in [6.45, 7) is 0. The van der Waals surface area contributed by atoms with Crippen molar-refractivity contribution in [1.82, 2.24) is 4.98 Å². The van der Waals surface area contributed by atoms with Crippen LogP contribution in [0.1, 0.15) is 10.4 Å². The van der Waals surface area contributed by atoms with Gasteiger partial charge in [-0.15, -0.1) is 0 Å². The lowest BCUT2D eigenvalue weighted by Gasteiger charge is -2.18. The number of ether oxygens (including phenoxy) is 1. The molecule has 0 bridgehead atoms. The van der Waals surface area contributed by atoms with E-state index >= 15 is 0 Å². The Bertz CT molecular complexity index is 1060. The van der Waals surface area contributed by atoms with Crippen LogP contribution in [0.3, 0.4) is 0 Å². The molecule has 0 aliphatic carbocycles. The SMILES string of the molecule is O=C(Nc1nc2cc(Cl)c(OC(F)(F)C(F)F)c(Cl)c2s1)c1ccccc1Cl. The highest BCUT2D eigenvalue weighted by atomic mass is 35.5. The predicted octanol–water partition coefficient (Wildman–Crippen LogP) is 6.75. The maximum atomic E-state index is 13.2. The number of aromatic nitrogens is 1. The van der Waals surface area contributed by atoms with Crippen molar-refractivity contribution >= 4 is 67.4 Å². The summed E-state index contributed by atoms with van der Waals surface area (Å²) in [4.78, 5) is 16.4. The minimum Gasteiger partial charge on any atom is -0.425 e. The molecule has 4 nitrogen and oxygen atoms in total. The Balaban J connectivity index is 1.95. The zero-order chi connectivity index (χ0) is 20.6. The molecule has 0 radical (unpaired) electrons. The smallest absolute Gasteiger partial charge is 0.425 e. The number of carbonyl (C=O) groups excluding carboxylic acids is 1. The van der Waals surface area contributed by atoms with Crippen molar-refractivity contribution in [2.45, 2.75) is 12.5 Å². The van der Waals surface area contributed by atoms with Gasteiger partial charge in [0, 0.05) is 0 Å². The van der Waals surface area contributed by atoms with Gasteiger partial charge in [0.05, 0.1) is 25.8 Å². The highest BCUT2D eigenvalue weighted by Gasteiger charge is 2.45. The van der Waals surface area contributed by atoms with Crippen molar-refractivity contribution in [2.75, 3.05) is 5.32 Å². The van der Waals surface area contributed by atoms with Crippen LogP contribution in [0.2, 0.25) is 15.1 Å². The summed E-state index contributed by atoms with van der Waals surface area (Å²) in [5.74, 6) is -1.37. The normalized spacial score (nSPS) is 11.9. The van der Waals surface area contributed by atoms with E-state index in [1.807, 2.05) is 0 Å². The van der Waals surface area contributed by atoms with Gasteiger partial charge in [-0.3, -0.25) is 10.1 Å². The summed E-state index contributed by atoms with van der Waals surface area (Å²) < 4.78 is 55.4. The average molecular weight is 474 g/mol. The van der Waals surface area contributed by atoms with Gasteiger partial charge >= 0.3 is 12.5 Å². The van der Waals surface area contributed by atoms with Crippen molar-refractivity contribution < 1.29 is 27.1 Å². The molecule has 1 aromatic heterocycles. The molecule has 2 aromatic carbocycles. The zero-order valence-corrected chi connectivity index (χ0v) is 16.4. The number of halogens is 7. The topological polar surface area (TPSA) is 51.2 Å². The van der Waals surface area contributed by atoms with Gasteiger partial charge in [0.25, 0.3) is 5.91 Å². The first-order valence-corrected chi connectivity index (χ1v) is 9.24. The van der Waals surface area contributed by atoms with E-state index in [-0.39, 0.29) is 25.9 Å². The maximum Gasteiger partial charge on any atom is 0.461 e. The molecule has 0 spiro atoms. The number of anilines is 1. The molecule has 0 atom stereocenters. The van der Waals surface area contributed by atoms with Crippen LogP contribution < -0.4 is 10.1 Å². The van der Waals surface area contributed by atoms with Gasteiger partial charge in [-0.1, -0.05) is 58.3 Å². The number of hydrogen-bond donors (Lipinski definition) is 1. The lowest BCUT2D eigenvalue weighted by molar-refractivity contribution is -0.253. The Hall–Kier alpha value is -1.81. The Morgan fingerprint density at radius 1 is 1.18 bits per heavy atom. The molecule has 1 heterocycles. The fraction of sp³-hybridized carbons (Fsp3) is 0.125. The third-order valence-electron chi connectivity index (χ3n) is 3.36. The van der Waals surface area contributed by atoms with E-state index in [0.717, 1.165) is 17.4 Å². The summed E-state index contributed by atoms with van der Waals surface area (Å²) in [6, 6.07) is 7.39. The number of hydrogen-bond acceptors (Lipinski definition) is 4. The lowest BCUT2D eigenvalue weighted by atomic mass is 10.2. The molecule has 0 aliphatic rings. The summed E-state index contributed by atoms with van der Waals surface area (Å²) in [5, 5.41) is 1.91. The lowest BCUT2D eigenvalue weighted by Crippen LogP contribution is -2.33. The van der Waals surface area contributed by atoms with E-state index in [1.54, 1.807) is 12.1 Å². The molecule has 1 N–H and O–H groups in total. The van der Waals surface area contributed by atoms with Crippen molar-refractivity contribution in [1.29, 1.82) is 0 Å². The van der Waals surface area contributed by atoms with Crippen LogP contribution in [0.4, 0.5) is 22.7 Å². The van der Waals surface area contributed by atoms with Crippen LogP contribution in [-0.4, -0.2) is 23.4 Å². The van der Waals surface area contributed by atoms with E-state index in [1.165, 1.54) is 12.1 Å². The number of thiazole rings is 1. The number of carbonyl (C=O) groups is 1. The largest absolute Gasteiger partial charge is 0.461 e. The molecule has 28 heavy (non-hydrogen) atoms. The number of amides is 1. The highest BCUT2D eigenvalue weighted by molar-refractivity contribution is 7.23. The first-order valence-electron chi connectivity index (χ1n) is 7.29. The van der Waals surface area contributed by atoms with Gasteiger partial charge in [-0.25, -0.2) is 4.98 Å². The van der Waals surface area contributed by atoms with E-state index in [0.29, 0.717) is 0 Å². The standard InChI is InChI=1S/C16H7Cl3F4N2O2S/c17-7-4-2-1-3-6(7)13(26)25-15-24-9-5-8(18)11(10(19)12(9)28-15)27-16(22,23)14(20)21/h1-5,14H,(H,24,25,26). The fourth-order valence-electron chi connectivity index (χ4n) is 2.12. The van der Waals surface area contributed by atoms with E-state index in [9.17, 15) is 22.4 Å². The van der Waals surface area contributed by atoms with E-state index in [2.05, 4.69) is 15.0 Å². The molecule has 0 saturated carbocycles. The molecule has 12 heteroatoms. The van der Waals surface area contributed by atoms with Gasteiger partial charge in [-0.05, 0) is 18.2 Å². The Morgan fingerprint density at radius 2 is 1.86 bits per heavy atom. The molecule has 0 aliphatic heterocycles. The number of nitrogens with one attached hydrogen (secondary N) is 1. The van der Waals surface area contributed by atoms with Gasteiger partial charge in [0.1, 0.15) is 5.02 Å². The molecule has 3 aromatic rings. The highest BCUT2D eigenvalue weighted by Crippen LogP contribution is 2.45. The van der Waals surface area contributed by atoms with E-state index < -0.39 is 34.2 Å². The van der Waals surface area contributed by atoms with Gasteiger partial charge in [0.2, 0.25) is 0 Å². The van der Waals surface area contributed by atoms with Crippen LogP contribution in [0, 0.1) is 0 Å². The second kappa shape index (κ2) is 7.90. The van der Waals surface area contributed by atoms with E-state index in [4.69, 9.17) is 34.8 Å². The minimum absolute atomic E-state index is 0.0654. The zero-order valence-electron chi connectivity index (χ0n) is 13.3. The molecule has 148 valence electrons. The number of rotatable bonds is 5. The van der Waals surface area contributed by atoms with Crippen molar-refractivity contribution in [2.24, 2.45) is 0 Å². The van der Waals surface area contributed by atoms with Crippen LogP contribution in [0.25, 0.3) is 10.2 Å². The quantitative estimate of drug-likeness (QED) is 0.417. The third-order valence-corrected chi connectivity index (χ3v) is 5.45. The fourth-order valence-corrected chi connectivity index (χ4v) is 3.85. The molecular weight excluding hydrogens is 467 g/mol. The third kappa shape index (κ3) is 4.12. The Morgan fingerprint density at radius 3 is 2.50 bits per heavy atom. The summed E-state index contributed by atoms with van der Waals surface area (Å²) in [5.41, 5.74) is 0.343. The maximum absolute atomic E-state index is 13.2.